The molecule has 0 unspecified atom stereocenters. The normalized spacial score (nSPS) is 39.8. The van der Waals surface area contributed by atoms with E-state index in [9.17, 15) is 14.9 Å². The van der Waals surface area contributed by atoms with E-state index in [4.69, 9.17) is 4.74 Å². The van der Waals surface area contributed by atoms with Gasteiger partial charge in [0.05, 0.1) is 13.2 Å². The zero-order valence-electron chi connectivity index (χ0n) is 7.71. The van der Waals surface area contributed by atoms with E-state index in [0.717, 1.165) is 6.42 Å². The molecule has 0 aliphatic carbocycles. The highest BCUT2D eigenvalue weighted by atomic mass is 16.6. The molecular formula is C8H11NO5. The Morgan fingerprint density at radius 1 is 1.50 bits per heavy atom. The van der Waals surface area contributed by atoms with Crippen molar-refractivity contribution in [2.24, 2.45) is 5.92 Å². The number of rotatable bonds is 2. The number of hydrogen-bond acceptors (Lipinski definition) is 5. The standard InChI is InChI=1S/C8H11NO5/c1-13-8(10)6-4-2-3-5(14-4)7(6)9(11)12/h4-7H,2-3H2,1H3/t4-,5+,6+,7-/m0/s1. The molecule has 2 bridgehead atoms. The lowest BCUT2D eigenvalue weighted by Crippen LogP contribution is -2.43. The summed E-state index contributed by atoms with van der Waals surface area (Å²) in [4.78, 5) is 21.6. The summed E-state index contributed by atoms with van der Waals surface area (Å²) in [6.45, 7) is 0. The fourth-order valence-corrected chi connectivity index (χ4v) is 2.35. The van der Waals surface area contributed by atoms with Crippen LogP contribution >= 0.6 is 0 Å². The third-order valence-electron chi connectivity index (χ3n) is 2.95. The number of methoxy groups -OCH3 is 1. The third kappa shape index (κ3) is 1.18. The lowest BCUT2D eigenvalue weighted by atomic mass is 9.85. The van der Waals surface area contributed by atoms with Crippen LogP contribution in [0.15, 0.2) is 0 Å². The molecule has 2 rings (SSSR count). The molecule has 0 radical (unpaired) electrons. The summed E-state index contributed by atoms with van der Waals surface area (Å²) in [5.74, 6) is -1.24. The van der Waals surface area contributed by atoms with Gasteiger partial charge in [-0.2, -0.15) is 0 Å². The fourth-order valence-electron chi connectivity index (χ4n) is 2.35. The number of esters is 1. The van der Waals surface area contributed by atoms with Gasteiger partial charge in [-0.1, -0.05) is 0 Å². The summed E-state index contributed by atoms with van der Waals surface area (Å²) in [6.07, 6.45) is 0.667. The molecule has 0 spiro atoms. The summed E-state index contributed by atoms with van der Waals surface area (Å²) < 4.78 is 9.88. The van der Waals surface area contributed by atoms with Crippen LogP contribution in [-0.2, 0) is 14.3 Å². The highest BCUT2D eigenvalue weighted by molar-refractivity contribution is 5.74. The number of hydrogen-bond donors (Lipinski definition) is 0. The monoisotopic (exact) mass is 201 g/mol. The average Bonchev–Trinajstić information content (AvgIpc) is 2.74. The molecule has 2 aliphatic rings. The molecule has 6 nitrogen and oxygen atoms in total. The first-order valence-corrected chi connectivity index (χ1v) is 4.52. The minimum Gasteiger partial charge on any atom is -0.469 e. The van der Waals surface area contributed by atoms with E-state index in [0.29, 0.717) is 6.42 Å². The van der Waals surface area contributed by atoms with Crippen molar-refractivity contribution < 1.29 is 19.2 Å². The van der Waals surface area contributed by atoms with Crippen molar-refractivity contribution in [3.63, 3.8) is 0 Å². The van der Waals surface area contributed by atoms with Gasteiger partial charge in [-0.05, 0) is 12.8 Å². The lowest BCUT2D eigenvalue weighted by molar-refractivity contribution is -0.533. The first-order valence-electron chi connectivity index (χ1n) is 4.52. The smallest absolute Gasteiger partial charge is 0.318 e. The molecule has 0 N–H and O–H groups in total. The molecule has 4 atom stereocenters. The Morgan fingerprint density at radius 3 is 2.71 bits per heavy atom. The Morgan fingerprint density at radius 2 is 2.14 bits per heavy atom. The summed E-state index contributed by atoms with van der Waals surface area (Å²) in [7, 11) is 1.24. The zero-order chi connectivity index (χ0) is 10.3. The molecule has 0 saturated carbocycles. The molecule has 6 heteroatoms. The maximum Gasteiger partial charge on any atom is 0.318 e. The van der Waals surface area contributed by atoms with Crippen LogP contribution in [0.1, 0.15) is 12.8 Å². The second-order valence-corrected chi connectivity index (χ2v) is 3.62. The van der Waals surface area contributed by atoms with Crippen LogP contribution in [0.2, 0.25) is 0 Å². The van der Waals surface area contributed by atoms with E-state index in [1.165, 1.54) is 7.11 Å². The summed E-state index contributed by atoms with van der Waals surface area (Å²) in [5.41, 5.74) is 0. The van der Waals surface area contributed by atoms with E-state index < -0.39 is 29.0 Å². The van der Waals surface area contributed by atoms with Crippen molar-refractivity contribution in [2.75, 3.05) is 7.11 Å². The molecule has 14 heavy (non-hydrogen) atoms. The maximum absolute atomic E-state index is 11.3. The van der Waals surface area contributed by atoms with Crippen molar-refractivity contribution in [3.8, 4) is 0 Å². The van der Waals surface area contributed by atoms with Crippen LogP contribution in [0, 0.1) is 16.0 Å². The van der Waals surface area contributed by atoms with Gasteiger partial charge in [0.25, 0.3) is 6.04 Å². The summed E-state index contributed by atoms with van der Waals surface area (Å²) in [6, 6.07) is -0.916. The van der Waals surface area contributed by atoms with Crippen LogP contribution in [0.3, 0.4) is 0 Å². The Kier molecular flexibility index (Phi) is 2.14. The fraction of sp³-hybridized carbons (Fsp3) is 0.875. The molecule has 0 aromatic carbocycles. The van der Waals surface area contributed by atoms with Crippen molar-refractivity contribution in [2.45, 2.75) is 31.1 Å². The minimum atomic E-state index is -0.916. The number of ether oxygens (including phenoxy) is 2. The number of nitro groups is 1. The van der Waals surface area contributed by atoms with E-state index in [1.54, 1.807) is 0 Å². The second-order valence-electron chi connectivity index (χ2n) is 3.62. The quantitative estimate of drug-likeness (QED) is 0.356. The van der Waals surface area contributed by atoms with Crippen LogP contribution in [-0.4, -0.2) is 36.3 Å². The van der Waals surface area contributed by atoms with Crippen molar-refractivity contribution in [3.05, 3.63) is 10.1 Å². The number of carbonyl (C=O) groups is 1. The third-order valence-corrected chi connectivity index (χ3v) is 2.95. The van der Waals surface area contributed by atoms with Crippen LogP contribution < -0.4 is 0 Å². The van der Waals surface area contributed by atoms with Gasteiger partial charge in [-0.25, -0.2) is 0 Å². The van der Waals surface area contributed by atoms with Crippen LogP contribution in [0.25, 0.3) is 0 Å². The van der Waals surface area contributed by atoms with Gasteiger partial charge in [-0.15, -0.1) is 0 Å². The van der Waals surface area contributed by atoms with Crippen molar-refractivity contribution >= 4 is 5.97 Å². The number of fused-ring (bicyclic) bond motifs is 2. The Labute approximate surface area is 80.3 Å². The molecule has 2 aliphatic heterocycles. The van der Waals surface area contributed by atoms with E-state index in [1.807, 2.05) is 0 Å². The van der Waals surface area contributed by atoms with E-state index >= 15 is 0 Å². The lowest BCUT2D eigenvalue weighted by Gasteiger charge is -2.19. The van der Waals surface area contributed by atoms with Crippen LogP contribution in [0.5, 0.6) is 0 Å². The second kappa shape index (κ2) is 3.20. The molecule has 0 aromatic heterocycles. The molecule has 2 saturated heterocycles. The van der Waals surface area contributed by atoms with Crippen LogP contribution in [0.4, 0.5) is 0 Å². The molecule has 2 fully saturated rings. The van der Waals surface area contributed by atoms with Gasteiger partial charge in [0.2, 0.25) is 0 Å². The number of nitrogens with zero attached hydrogens (tertiary/aromatic N) is 1. The molecular weight excluding hydrogens is 190 g/mol. The molecule has 0 aromatic rings. The molecule has 2 heterocycles. The Balaban J connectivity index is 2.21. The summed E-state index contributed by atoms with van der Waals surface area (Å²) in [5, 5.41) is 10.7. The molecule has 78 valence electrons. The highest BCUT2D eigenvalue weighted by Gasteiger charge is 2.59. The van der Waals surface area contributed by atoms with Gasteiger partial charge in [0, 0.05) is 4.92 Å². The topological polar surface area (TPSA) is 78.7 Å². The SMILES string of the molecule is COC(=O)[C@H]1[C@@H]([N+](=O)[O-])[C@H]2CC[C@@H]1O2. The first-order chi connectivity index (χ1) is 6.65. The largest absolute Gasteiger partial charge is 0.469 e. The summed E-state index contributed by atoms with van der Waals surface area (Å²) >= 11 is 0. The highest BCUT2D eigenvalue weighted by Crippen LogP contribution is 2.40. The maximum atomic E-state index is 11.3. The zero-order valence-corrected chi connectivity index (χ0v) is 7.71. The first kappa shape index (κ1) is 9.39. The van der Waals surface area contributed by atoms with Gasteiger partial charge in [0.15, 0.2) is 5.92 Å². The average molecular weight is 201 g/mol. The number of carbonyl (C=O) groups excluding carboxylic acids is 1. The van der Waals surface area contributed by atoms with Crippen molar-refractivity contribution in [1.82, 2.24) is 0 Å². The Bertz CT molecular complexity index is 279. The van der Waals surface area contributed by atoms with Gasteiger partial charge in [0.1, 0.15) is 6.10 Å². The molecule has 0 amide bonds. The predicted octanol–water partition coefficient (Wildman–Crippen LogP) is -0.0179. The van der Waals surface area contributed by atoms with E-state index in [-0.39, 0.29) is 6.10 Å². The minimum absolute atomic E-state index is 0.317. The van der Waals surface area contributed by atoms with Crippen molar-refractivity contribution in [1.29, 1.82) is 0 Å². The van der Waals surface area contributed by atoms with Gasteiger partial charge >= 0.3 is 5.97 Å². The predicted molar refractivity (Wildman–Crippen MR) is 44.2 cm³/mol. The van der Waals surface area contributed by atoms with Gasteiger partial charge in [-0.3, -0.25) is 14.9 Å². The van der Waals surface area contributed by atoms with Gasteiger partial charge < -0.3 is 9.47 Å². The Hall–Kier alpha value is -1.17. The van der Waals surface area contributed by atoms with E-state index in [2.05, 4.69) is 4.74 Å².